The summed E-state index contributed by atoms with van der Waals surface area (Å²) in [5.74, 6) is -1.98. The van der Waals surface area contributed by atoms with E-state index >= 15 is 0 Å². The van der Waals surface area contributed by atoms with Crippen LogP contribution in [0.1, 0.15) is 5.56 Å². The van der Waals surface area contributed by atoms with Crippen LogP contribution in [-0.2, 0) is 16.0 Å². The van der Waals surface area contributed by atoms with E-state index < -0.39 is 12.1 Å². The molecule has 0 radical (unpaired) electrons. The highest BCUT2D eigenvalue weighted by Crippen LogP contribution is 2.26. The van der Waals surface area contributed by atoms with E-state index in [1.54, 1.807) is 12.1 Å². The van der Waals surface area contributed by atoms with E-state index in [-0.39, 0.29) is 11.8 Å². The van der Waals surface area contributed by atoms with Crippen molar-refractivity contribution in [1.29, 1.82) is 0 Å². The number of rotatable bonds is 3. The molecule has 0 saturated carbocycles. The molecular formula is C13H14BrF3N2O2. The Hall–Kier alpha value is -1.12. The maximum absolute atomic E-state index is 12.4. The second kappa shape index (κ2) is 6.76. The summed E-state index contributed by atoms with van der Waals surface area (Å²) < 4.78 is 43.2. The van der Waals surface area contributed by atoms with Gasteiger partial charge >= 0.3 is 12.1 Å². The minimum Gasteiger partial charge on any atom is -0.375 e. The molecule has 1 aliphatic heterocycles. The standard InChI is InChI=1S/C13H14BrF3N2O2/c14-9-2-1-8(5-10-7-18-3-4-21-10)11(6-9)19-12(20)13(15,16)17/h1-2,6,10,18H,3-5,7H2,(H,19,20). The van der Waals surface area contributed by atoms with Crippen molar-refractivity contribution in [2.24, 2.45) is 0 Å². The first-order valence-corrected chi connectivity index (χ1v) is 7.14. The third kappa shape index (κ3) is 4.69. The number of alkyl halides is 3. The van der Waals surface area contributed by atoms with Crippen molar-refractivity contribution < 1.29 is 22.7 Å². The smallest absolute Gasteiger partial charge is 0.375 e. The van der Waals surface area contributed by atoms with E-state index in [0.29, 0.717) is 29.6 Å². The Bertz CT molecular complexity index is 517. The lowest BCUT2D eigenvalue weighted by molar-refractivity contribution is -0.167. The van der Waals surface area contributed by atoms with E-state index in [9.17, 15) is 18.0 Å². The minimum absolute atomic E-state index is 0.124. The predicted molar refractivity (Wildman–Crippen MR) is 75.1 cm³/mol. The van der Waals surface area contributed by atoms with Crippen molar-refractivity contribution in [2.75, 3.05) is 25.0 Å². The molecule has 2 N–H and O–H groups in total. The summed E-state index contributed by atoms with van der Waals surface area (Å²) in [5, 5.41) is 5.06. The fraction of sp³-hybridized carbons (Fsp3) is 0.462. The third-order valence-electron chi connectivity index (χ3n) is 3.03. The highest BCUT2D eigenvalue weighted by Gasteiger charge is 2.39. The molecule has 0 bridgehead atoms. The SMILES string of the molecule is O=C(Nc1cc(Br)ccc1CC1CNCCO1)C(F)(F)F. The molecule has 8 heteroatoms. The second-order valence-corrected chi connectivity index (χ2v) is 5.57. The first kappa shape index (κ1) is 16.3. The van der Waals surface area contributed by atoms with E-state index in [0.717, 1.165) is 6.54 Å². The van der Waals surface area contributed by atoms with Crippen LogP contribution >= 0.6 is 15.9 Å². The van der Waals surface area contributed by atoms with E-state index in [4.69, 9.17) is 4.74 Å². The molecule has 0 spiro atoms. The molecule has 1 amide bonds. The van der Waals surface area contributed by atoms with Crippen LogP contribution in [0.25, 0.3) is 0 Å². The van der Waals surface area contributed by atoms with Crippen molar-refractivity contribution >= 4 is 27.5 Å². The molecule has 1 saturated heterocycles. The molecule has 116 valence electrons. The van der Waals surface area contributed by atoms with Crippen LogP contribution in [0.4, 0.5) is 18.9 Å². The molecule has 2 rings (SSSR count). The number of halogens is 4. The zero-order valence-corrected chi connectivity index (χ0v) is 12.6. The molecular weight excluding hydrogens is 353 g/mol. The van der Waals surface area contributed by atoms with Crippen molar-refractivity contribution in [3.05, 3.63) is 28.2 Å². The number of carbonyl (C=O) groups excluding carboxylic acids is 1. The summed E-state index contributed by atoms with van der Waals surface area (Å²) in [6, 6.07) is 4.85. The molecule has 1 unspecified atom stereocenters. The fourth-order valence-corrected chi connectivity index (χ4v) is 2.39. The Kier molecular flexibility index (Phi) is 5.23. The Morgan fingerprint density at radius 2 is 2.24 bits per heavy atom. The van der Waals surface area contributed by atoms with E-state index in [1.807, 2.05) is 5.32 Å². The first-order chi connectivity index (χ1) is 9.86. The number of nitrogens with one attached hydrogen (secondary N) is 2. The number of carbonyl (C=O) groups is 1. The molecule has 1 aliphatic rings. The zero-order valence-electron chi connectivity index (χ0n) is 11.0. The Balaban J connectivity index is 2.15. The Morgan fingerprint density at radius 3 is 2.86 bits per heavy atom. The van der Waals surface area contributed by atoms with Crippen molar-refractivity contribution in [1.82, 2.24) is 5.32 Å². The maximum Gasteiger partial charge on any atom is 0.471 e. The van der Waals surface area contributed by atoms with Crippen LogP contribution in [-0.4, -0.2) is 37.9 Å². The van der Waals surface area contributed by atoms with Crippen molar-refractivity contribution in [3.8, 4) is 0 Å². The summed E-state index contributed by atoms with van der Waals surface area (Å²) in [4.78, 5) is 11.1. The number of morpholine rings is 1. The summed E-state index contributed by atoms with van der Waals surface area (Å²) in [6.45, 7) is 1.95. The van der Waals surface area contributed by atoms with Gasteiger partial charge in [-0.05, 0) is 17.7 Å². The molecule has 1 aromatic carbocycles. The van der Waals surface area contributed by atoms with Gasteiger partial charge in [-0.25, -0.2) is 0 Å². The van der Waals surface area contributed by atoms with E-state index in [2.05, 4.69) is 21.2 Å². The number of hydrogen-bond donors (Lipinski definition) is 2. The number of hydrogen-bond acceptors (Lipinski definition) is 3. The molecule has 0 aliphatic carbocycles. The second-order valence-electron chi connectivity index (χ2n) is 4.65. The normalized spacial score (nSPS) is 19.3. The fourth-order valence-electron chi connectivity index (χ4n) is 2.03. The van der Waals surface area contributed by atoms with E-state index in [1.165, 1.54) is 6.07 Å². The van der Waals surface area contributed by atoms with Gasteiger partial charge in [0.05, 0.1) is 12.7 Å². The number of amides is 1. The molecule has 1 fully saturated rings. The highest BCUT2D eigenvalue weighted by molar-refractivity contribution is 9.10. The van der Waals surface area contributed by atoms with Gasteiger partial charge in [0.1, 0.15) is 0 Å². The van der Waals surface area contributed by atoms with Crippen LogP contribution in [0.15, 0.2) is 22.7 Å². The van der Waals surface area contributed by atoms with Gasteiger partial charge in [-0.15, -0.1) is 0 Å². The van der Waals surface area contributed by atoms with Crippen LogP contribution in [0.5, 0.6) is 0 Å². The molecule has 4 nitrogen and oxygen atoms in total. The lowest BCUT2D eigenvalue weighted by atomic mass is 10.0. The largest absolute Gasteiger partial charge is 0.471 e. The van der Waals surface area contributed by atoms with Gasteiger partial charge in [0.15, 0.2) is 0 Å². The summed E-state index contributed by atoms with van der Waals surface area (Å²) >= 11 is 3.19. The maximum atomic E-state index is 12.4. The number of ether oxygens (including phenoxy) is 1. The summed E-state index contributed by atoms with van der Waals surface area (Å²) in [5.41, 5.74) is 0.741. The lowest BCUT2D eigenvalue weighted by Crippen LogP contribution is -2.39. The van der Waals surface area contributed by atoms with Gasteiger partial charge in [0.2, 0.25) is 0 Å². The van der Waals surface area contributed by atoms with Gasteiger partial charge in [0, 0.05) is 29.7 Å². The van der Waals surface area contributed by atoms with Gasteiger partial charge in [0.25, 0.3) is 0 Å². The van der Waals surface area contributed by atoms with Gasteiger partial charge in [-0.2, -0.15) is 13.2 Å². The Labute approximate surface area is 128 Å². The third-order valence-corrected chi connectivity index (χ3v) is 3.52. The van der Waals surface area contributed by atoms with Gasteiger partial charge in [-0.3, -0.25) is 4.79 Å². The van der Waals surface area contributed by atoms with Crippen molar-refractivity contribution in [3.63, 3.8) is 0 Å². The molecule has 1 heterocycles. The summed E-state index contributed by atoms with van der Waals surface area (Å²) in [7, 11) is 0. The Morgan fingerprint density at radius 1 is 1.48 bits per heavy atom. The topological polar surface area (TPSA) is 50.4 Å². The monoisotopic (exact) mass is 366 g/mol. The quantitative estimate of drug-likeness (QED) is 0.863. The summed E-state index contributed by atoms with van der Waals surface area (Å²) in [6.07, 6.45) is -4.61. The zero-order chi connectivity index (χ0) is 15.5. The predicted octanol–water partition coefficient (Wildman–Crippen LogP) is 2.48. The van der Waals surface area contributed by atoms with Crippen LogP contribution in [0, 0.1) is 0 Å². The number of anilines is 1. The van der Waals surface area contributed by atoms with Crippen LogP contribution < -0.4 is 10.6 Å². The van der Waals surface area contributed by atoms with Gasteiger partial charge in [-0.1, -0.05) is 22.0 Å². The highest BCUT2D eigenvalue weighted by atomic mass is 79.9. The number of benzene rings is 1. The van der Waals surface area contributed by atoms with Gasteiger partial charge < -0.3 is 15.4 Å². The molecule has 0 aromatic heterocycles. The molecule has 21 heavy (non-hydrogen) atoms. The average molecular weight is 367 g/mol. The average Bonchev–Trinajstić information content (AvgIpc) is 2.42. The molecule has 1 aromatic rings. The van der Waals surface area contributed by atoms with Crippen molar-refractivity contribution in [2.45, 2.75) is 18.7 Å². The van der Waals surface area contributed by atoms with Crippen LogP contribution in [0.3, 0.4) is 0 Å². The lowest BCUT2D eigenvalue weighted by Gasteiger charge is -2.24. The van der Waals surface area contributed by atoms with Crippen LogP contribution in [0.2, 0.25) is 0 Å². The molecule has 1 atom stereocenters. The minimum atomic E-state index is -4.91. The first-order valence-electron chi connectivity index (χ1n) is 6.35.